The van der Waals surface area contributed by atoms with E-state index >= 15 is 0 Å². The molecule has 0 saturated heterocycles. The number of hydrogen-bond donors (Lipinski definition) is 0. The molecular weight excluding hydrogens is 300 g/mol. The van der Waals surface area contributed by atoms with Crippen molar-refractivity contribution in [2.75, 3.05) is 6.61 Å². The largest absolute Gasteiger partial charge is 0.484 e. The summed E-state index contributed by atoms with van der Waals surface area (Å²) in [6.45, 7) is 5.40. The van der Waals surface area contributed by atoms with Crippen LogP contribution in [0.1, 0.15) is 5.56 Å². The number of ether oxygens (including phenoxy) is 1. The lowest BCUT2D eigenvalue weighted by Crippen LogP contribution is -2.23. The van der Waals surface area contributed by atoms with Crippen LogP contribution in [0.25, 0.3) is 0 Å². The molecule has 0 radical (unpaired) electrons. The van der Waals surface area contributed by atoms with E-state index in [2.05, 4.69) is 6.58 Å². The first-order chi connectivity index (χ1) is 10.5. The first-order valence-corrected chi connectivity index (χ1v) is 8.22. The highest BCUT2D eigenvalue weighted by atomic mass is 32.2. The van der Waals surface area contributed by atoms with Crippen molar-refractivity contribution < 1.29 is 17.3 Å². The van der Waals surface area contributed by atoms with Crippen LogP contribution in [0.2, 0.25) is 0 Å². The summed E-state index contributed by atoms with van der Waals surface area (Å²) < 4.78 is 34.9. The van der Waals surface area contributed by atoms with Crippen molar-refractivity contribution in [3.8, 4) is 5.75 Å². The summed E-state index contributed by atoms with van der Waals surface area (Å²) in [5.41, 5.74) is 0.982. The van der Waals surface area contributed by atoms with Crippen molar-refractivity contribution in [2.24, 2.45) is 0 Å². The molecular formula is C17H18O4S. The molecule has 1 unspecified atom stereocenters. The maximum Gasteiger partial charge on any atom is 0.297 e. The maximum atomic E-state index is 12.1. The minimum absolute atomic E-state index is 0.126. The number of benzene rings is 2. The molecule has 0 aliphatic carbocycles. The number of para-hydroxylation sites is 1. The van der Waals surface area contributed by atoms with Gasteiger partial charge in [-0.3, -0.25) is 4.18 Å². The summed E-state index contributed by atoms with van der Waals surface area (Å²) in [5.74, 6) is 0.628. The van der Waals surface area contributed by atoms with E-state index in [0.29, 0.717) is 5.75 Å². The standard InChI is InChI=1S/C17H18O4S/c1-3-15(21-16-7-5-4-6-8-16)13-20-22(18,19)17-11-9-14(2)10-12-17/h3-12,15H,1,13H2,2H3. The normalized spacial score (nSPS) is 12.6. The van der Waals surface area contributed by atoms with Gasteiger partial charge in [-0.25, -0.2) is 0 Å². The molecule has 0 aliphatic heterocycles. The van der Waals surface area contributed by atoms with Crippen LogP contribution in [0.4, 0.5) is 0 Å². The molecule has 0 aromatic heterocycles. The molecule has 0 N–H and O–H groups in total. The topological polar surface area (TPSA) is 52.6 Å². The summed E-state index contributed by atoms with van der Waals surface area (Å²) in [6.07, 6.45) is 0.958. The minimum atomic E-state index is -3.80. The van der Waals surface area contributed by atoms with E-state index in [0.717, 1.165) is 5.56 Å². The van der Waals surface area contributed by atoms with Crippen LogP contribution in [-0.2, 0) is 14.3 Å². The van der Waals surface area contributed by atoms with Crippen molar-refractivity contribution in [1.29, 1.82) is 0 Å². The van der Waals surface area contributed by atoms with Crippen molar-refractivity contribution in [2.45, 2.75) is 17.9 Å². The Hall–Kier alpha value is -2.11. The molecule has 0 amide bonds. The van der Waals surface area contributed by atoms with Gasteiger partial charge in [0, 0.05) is 0 Å². The second kappa shape index (κ2) is 7.24. The van der Waals surface area contributed by atoms with Crippen LogP contribution in [-0.4, -0.2) is 21.1 Å². The van der Waals surface area contributed by atoms with Crippen LogP contribution in [0.3, 0.4) is 0 Å². The molecule has 2 aromatic carbocycles. The van der Waals surface area contributed by atoms with Crippen LogP contribution < -0.4 is 4.74 Å². The van der Waals surface area contributed by atoms with Gasteiger partial charge in [0.1, 0.15) is 18.5 Å². The highest BCUT2D eigenvalue weighted by Crippen LogP contribution is 2.16. The number of aryl methyl sites for hydroxylation is 1. The van der Waals surface area contributed by atoms with Gasteiger partial charge in [0.15, 0.2) is 0 Å². The van der Waals surface area contributed by atoms with Gasteiger partial charge >= 0.3 is 0 Å². The third-order valence-corrected chi connectivity index (χ3v) is 4.29. The van der Waals surface area contributed by atoms with E-state index in [-0.39, 0.29) is 11.5 Å². The monoisotopic (exact) mass is 318 g/mol. The second-order valence-electron chi connectivity index (χ2n) is 4.76. The zero-order valence-corrected chi connectivity index (χ0v) is 13.1. The lowest BCUT2D eigenvalue weighted by atomic mass is 10.2. The van der Waals surface area contributed by atoms with Gasteiger partial charge in [-0.05, 0) is 37.3 Å². The summed E-state index contributed by atoms with van der Waals surface area (Å²) in [5, 5.41) is 0. The van der Waals surface area contributed by atoms with Gasteiger partial charge in [-0.15, -0.1) is 0 Å². The van der Waals surface area contributed by atoms with E-state index in [1.165, 1.54) is 18.2 Å². The Morgan fingerprint density at radius 2 is 1.73 bits per heavy atom. The van der Waals surface area contributed by atoms with E-state index in [1.54, 1.807) is 24.3 Å². The molecule has 4 nitrogen and oxygen atoms in total. The number of rotatable bonds is 7. The molecule has 116 valence electrons. The number of hydrogen-bond acceptors (Lipinski definition) is 4. The van der Waals surface area contributed by atoms with Gasteiger partial charge in [0.2, 0.25) is 0 Å². The summed E-state index contributed by atoms with van der Waals surface area (Å²) in [4.78, 5) is 0.126. The Kier molecular flexibility index (Phi) is 5.35. The molecule has 1 atom stereocenters. The first kappa shape index (κ1) is 16.3. The van der Waals surface area contributed by atoms with Gasteiger partial charge in [-0.2, -0.15) is 8.42 Å². The van der Waals surface area contributed by atoms with Crippen molar-refractivity contribution in [3.63, 3.8) is 0 Å². The lowest BCUT2D eigenvalue weighted by molar-refractivity contribution is 0.168. The lowest BCUT2D eigenvalue weighted by Gasteiger charge is -2.15. The predicted molar refractivity (Wildman–Crippen MR) is 85.4 cm³/mol. The fourth-order valence-electron chi connectivity index (χ4n) is 1.75. The zero-order chi connectivity index (χ0) is 16.0. The smallest absolute Gasteiger partial charge is 0.297 e. The van der Waals surface area contributed by atoms with E-state index < -0.39 is 16.2 Å². The van der Waals surface area contributed by atoms with Crippen LogP contribution in [0.15, 0.2) is 72.1 Å². The quantitative estimate of drug-likeness (QED) is 0.580. The third-order valence-electron chi connectivity index (χ3n) is 2.99. The molecule has 5 heteroatoms. The Bertz CT molecular complexity index is 706. The average molecular weight is 318 g/mol. The first-order valence-electron chi connectivity index (χ1n) is 6.81. The molecule has 0 spiro atoms. The summed E-state index contributed by atoms with van der Waals surface area (Å²) >= 11 is 0. The fourth-order valence-corrected chi connectivity index (χ4v) is 2.67. The zero-order valence-electron chi connectivity index (χ0n) is 12.3. The van der Waals surface area contributed by atoms with Crippen molar-refractivity contribution >= 4 is 10.1 Å². The minimum Gasteiger partial charge on any atom is -0.484 e. The predicted octanol–water partition coefficient (Wildman–Crippen LogP) is 3.33. The van der Waals surface area contributed by atoms with Crippen molar-refractivity contribution in [1.82, 2.24) is 0 Å². The Morgan fingerprint density at radius 1 is 1.09 bits per heavy atom. The van der Waals surface area contributed by atoms with E-state index in [4.69, 9.17) is 8.92 Å². The fraction of sp³-hybridized carbons (Fsp3) is 0.176. The van der Waals surface area contributed by atoms with Crippen LogP contribution >= 0.6 is 0 Å². The van der Waals surface area contributed by atoms with Crippen LogP contribution in [0.5, 0.6) is 5.75 Å². The highest BCUT2D eigenvalue weighted by Gasteiger charge is 2.18. The van der Waals surface area contributed by atoms with Gasteiger partial charge < -0.3 is 4.74 Å². The summed E-state index contributed by atoms with van der Waals surface area (Å²) in [6, 6.07) is 15.6. The summed E-state index contributed by atoms with van der Waals surface area (Å²) in [7, 11) is -3.80. The Balaban J connectivity index is 2.00. The van der Waals surface area contributed by atoms with Crippen molar-refractivity contribution in [3.05, 3.63) is 72.8 Å². The molecule has 2 aromatic rings. The van der Waals surface area contributed by atoms with Crippen LogP contribution in [0, 0.1) is 6.92 Å². The van der Waals surface area contributed by atoms with E-state index in [1.807, 2.05) is 25.1 Å². The van der Waals surface area contributed by atoms with E-state index in [9.17, 15) is 8.42 Å². The van der Waals surface area contributed by atoms with Gasteiger partial charge in [-0.1, -0.05) is 42.5 Å². The maximum absolute atomic E-state index is 12.1. The SMILES string of the molecule is C=CC(COS(=O)(=O)c1ccc(C)cc1)Oc1ccccc1. The molecule has 22 heavy (non-hydrogen) atoms. The highest BCUT2D eigenvalue weighted by molar-refractivity contribution is 7.86. The molecule has 2 rings (SSSR count). The third kappa shape index (κ3) is 4.44. The van der Waals surface area contributed by atoms with Gasteiger partial charge in [0.05, 0.1) is 4.90 Å². The molecule has 0 saturated carbocycles. The molecule has 0 fully saturated rings. The second-order valence-corrected chi connectivity index (χ2v) is 6.37. The Morgan fingerprint density at radius 3 is 2.32 bits per heavy atom. The molecule has 0 aliphatic rings. The van der Waals surface area contributed by atoms with Gasteiger partial charge in [0.25, 0.3) is 10.1 Å². The molecule has 0 bridgehead atoms. The Labute approximate surface area is 131 Å². The molecule has 0 heterocycles. The average Bonchev–Trinajstić information content (AvgIpc) is 2.53.